The van der Waals surface area contributed by atoms with E-state index in [1.165, 1.54) is 0 Å². The molecule has 0 heterocycles. The zero-order chi connectivity index (χ0) is 2.00. The predicted molar refractivity (Wildman–Crippen MR) is 4.56 cm³/mol. The average molecular weight is 221 g/mol. The van der Waals surface area contributed by atoms with Gasteiger partial charge < -0.3 is 11.0 Å². The molecule has 0 aromatic rings. The minimum absolute atomic E-state index is 0. The first-order valence-electron chi connectivity index (χ1n) is 0.123. The molecule has 0 bridgehead atoms. The molecule has 2 N–H and O–H groups in total. The van der Waals surface area contributed by atoms with Crippen molar-refractivity contribution in [2.75, 3.05) is 0 Å². The van der Waals surface area contributed by atoms with Gasteiger partial charge in [0.2, 0.25) is 0 Å². The molecule has 0 saturated heterocycles. The summed E-state index contributed by atoms with van der Waals surface area (Å²) in [6.45, 7) is 0. The molecule has 0 amide bonds. The van der Waals surface area contributed by atoms with Crippen molar-refractivity contribution in [3.8, 4) is 0 Å². The molecule has 0 aromatic carbocycles. The van der Waals surface area contributed by atoms with Gasteiger partial charge in [-0.05, 0) is 0 Å². The van der Waals surface area contributed by atoms with E-state index in [0.29, 0.717) is 0 Å². The quantitative estimate of drug-likeness (QED) is 0.519. The Kier molecular flexibility index (Phi) is 622. The Morgan fingerprint density at radius 3 is 1.00 bits per heavy atom. The fraction of sp³-hybridized carbons (Fsp3) is 0. The van der Waals surface area contributed by atoms with Crippen molar-refractivity contribution in [1.82, 2.24) is 0 Å². The van der Waals surface area contributed by atoms with E-state index in [1.807, 2.05) is 0 Å². The molecule has 5 heavy (non-hydrogen) atoms. The summed E-state index contributed by atoms with van der Waals surface area (Å²) >= 11 is 1.70. The zero-order valence-electron chi connectivity index (χ0n) is 1.91. The van der Waals surface area contributed by atoms with Crippen molar-refractivity contribution in [2.45, 2.75) is 0 Å². The third-order valence-corrected chi connectivity index (χ3v) is 0. The molecule has 0 atom stereocenters. The second kappa shape index (κ2) is 82.2. The minimum atomic E-state index is 0. The molecule has 0 spiro atoms. The van der Waals surface area contributed by atoms with Gasteiger partial charge in [-0.3, -0.25) is 0 Å². The summed E-state index contributed by atoms with van der Waals surface area (Å²) in [6.07, 6.45) is 0. The Balaban J connectivity index is -0.00000000167. The Morgan fingerprint density at radius 1 is 1.00 bits per heavy atom. The normalized spacial score (nSPS) is 1.20. The van der Waals surface area contributed by atoms with Gasteiger partial charge >= 0.3 is 41.4 Å². The summed E-state index contributed by atoms with van der Waals surface area (Å²) in [5.74, 6) is 0. The van der Waals surface area contributed by atoms with E-state index >= 15 is 0 Å². The van der Waals surface area contributed by atoms with E-state index in [2.05, 4.69) is 0 Å². The van der Waals surface area contributed by atoms with Crippen LogP contribution >= 0.6 is 0 Å². The van der Waals surface area contributed by atoms with E-state index in [0.717, 1.165) is 0 Å². The molecule has 0 aliphatic rings. The molecule has 0 rings (SSSR count). The van der Waals surface area contributed by atoms with Gasteiger partial charge in [0, 0.05) is 0 Å². The summed E-state index contributed by atoms with van der Waals surface area (Å²) in [5, 5.41) is 0. The number of rotatable bonds is 0. The second-order valence-electron chi connectivity index (χ2n) is 0. The van der Waals surface area contributed by atoms with Gasteiger partial charge in [0.05, 0.1) is 0 Å². The fourth-order valence-corrected chi connectivity index (χ4v) is 0. The molecule has 5 heteroatoms. The van der Waals surface area contributed by atoms with E-state index < -0.39 is 0 Å². The van der Waals surface area contributed by atoms with Crippen LogP contribution in [0.25, 0.3) is 0 Å². The van der Waals surface area contributed by atoms with Crippen LogP contribution in [-0.4, -0.2) is 11.0 Å². The second-order valence-corrected chi connectivity index (χ2v) is 0. The van der Waals surface area contributed by atoms with Crippen LogP contribution in [0.3, 0.4) is 0 Å². The van der Waals surface area contributed by atoms with Crippen LogP contribution < -0.4 is 0 Å². The topological polar surface area (TPSA) is 77.1 Å². The summed E-state index contributed by atoms with van der Waals surface area (Å²) < 4.78 is 8.06. The van der Waals surface area contributed by atoms with Crippen LogP contribution in [0.2, 0.25) is 0 Å². The van der Waals surface area contributed by atoms with Crippen LogP contribution in [0.4, 0.5) is 0 Å². The molecule has 0 aliphatic carbocycles. The molecule has 0 unspecified atom stereocenters. The van der Waals surface area contributed by atoms with Gasteiger partial charge in [-0.2, -0.15) is 0 Å². The van der Waals surface area contributed by atoms with Crippen LogP contribution in [0.1, 0.15) is 0 Å². The molecule has 0 fully saturated rings. The number of hydrogen-bond acceptors (Lipinski definition) is 3. The van der Waals surface area contributed by atoms with Gasteiger partial charge in [0.1, 0.15) is 0 Å². The van der Waals surface area contributed by atoms with Gasteiger partial charge in [-0.25, -0.2) is 0 Å². The summed E-state index contributed by atoms with van der Waals surface area (Å²) in [7, 11) is 0. The van der Waals surface area contributed by atoms with E-state index in [1.54, 1.807) is 21.0 Å². The SMILES string of the molecule is [Cu+2].[OH-].[OH-].[O]=[Ag]. The maximum atomic E-state index is 8.06. The van der Waals surface area contributed by atoms with Crippen LogP contribution in [0.5, 0.6) is 0 Å². The average Bonchev–Trinajstić information content (AvgIpc) is 1.00. The third-order valence-electron chi connectivity index (χ3n) is 0. The standard InChI is InChI=1S/Ag.Cu.2H2O.O/h;;2*1H2;/q;+2;;;/p-2. The van der Waals surface area contributed by atoms with Gasteiger partial charge in [0.15, 0.2) is 0 Å². The van der Waals surface area contributed by atoms with E-state index in [9.17, 15) is 0 Å². The Morgan fingerprint density at radius 2 is 1.00 bits per heavy atom. The van der Waals surface area contributed by atoms with Crippen LogP contribution in [0, 0.1) is 0 Å². The van der Waals surface area contributed by atoms with Gasteiger partial charge in [0.25, 0.3) is 0 Å². The first-order valence-corrected chi connectivity index (χ1v) is 0.728. The maximum absolute atomic E-state index is 8.06. The number of hydrogen-bond donors (Lipinski definition) is 0. The molecule has 0 aliphatic heterocycles. The molecular weight excluding hydrogens is 219 g/mol. The zero-order valence-corrected chi connectivity index (χ0v) is 4.33. The Hall–Kier alpha value is 0.980. The molecule has 0 saturated carbocycles. The molecule has 3 nitrogen and oxygen atoms in total. The molecule has 42 valence electrons. The van der Waals surface area contributed by atoms with Gasteiger partial charge in [-0.15, -0.1) is 0 Å². The van der Waals surface area contributed by atoms with Crippen LogP contribution in [-0.2, 0) is 41.4 Å². The van der Waals surface area contributed by atoms with E-state index in [-0.39, 0.29) is 28.0 Å². The van der Waals surface area contributed by atoms with Crippen molar-refractivity contribution in [3.05, 3.63) is 0 Å². The first kappa shape index (κ1) is 37.8. The molecule has 1 radical (unpaired) electrons. The summed E-state index contributed by atoms with van der Waals surface area (Å²) in [4.78, 5) is 0. The first-order chi connectivity index (χ1) is 1.00. The summed E-state index contributed by atoms with van der Waals surface area (Å²) in [6, 6.07) is 0. The van der Waals surface area contributed by atoms with Gasteiger partial charge in [-0.1, -0.05) is 0 Å². The Bertz CT molecular complexity index is 6.85. The van der Waals surface area contributed by atoms with Crippen molar-refractivity contribution in [1.29, 1.82) is 0 Å². The van der Waals surface area contributed by atoms with Crippen molar-refractivity contribution >= 4 is 0 Å². The monoisotopic (exact) mass is 220 g/mol. The van der Waals surface area contributed by atoms with Crippen molar-refractivity contribution < 1.29 is 52.3 Å². The third kappa shape index (κ3) is 46.1. The van der Waals surface area contributed by atoms with Crippen molar-refractivity contribution in [2.24, 2.45) is 0 Å². The fourth-order valence-electron chi connectivity index (χ4n) is 0. The summed E-state index contributed by atoms with van der Waals surface area (Å²) in [5.41, 5.74) is 0. The van der Waals surface area contributed by atoms with Crippen LogP contribution in [0.15, 0.2) is 0 Å². The molecule has 0 aromatic heterocycles. The predicted octanol–water partition coefficient (Wildman–Crippen LogP) is -0.477. The van der Waals surface area contributed by atoms with Crippen molar-refractivity contribution in [3.63, 3.8) is 0 Å². The molecular formula is H2AgCuO3. The Labute approximate surface area is 52.5 Å². The van der Waals surface area contributed by atoms with E-state index in [4.69, 9.17) is 3.25 Å².